The molecule has 1 amide bonds. The monoisotopic (exact) mass is 291 g/mol. The standard InChI is InChI=1S/C15H21N3OS/c1-5-18(6-2)11(4)15(19)16-14-12-9-10(3)7-8-13(12)20-17-14/h7-9,11H,5-6H2,1-4H3,(H,16,17,19). The third kappa shape index (κ3) is 2.99. The average molecular weight is 291 g/mol. The van der Waals surface area contributed by atoms with Gasteiger partial charge in [-0.3, -0.25) is 9.69 Å². The maximum absolute atomic E-state index is 12.3. The summed E-state index contributed by atoms with van der Waals surface area (Å²) in [6.45, 7) is 9.83. The lowest BCUT2D eigenvalue weighted by molar-refractivity contribution is -0.120. The Kier molecular flexibility index (Phi) is 4.73. The van der Waals surface area contributed by atoms with Crippen molar-refractivity contribution >= 4 is 33.3 Å². The van der Waals surface area contributed by atoms with Crippen molar-refractivity contribution in [3.8, 4) is 0 Å². The van der Waals surface area contributed by atoms with E-state index in [4.69, 9.17) is 0 Å². The molecule has 20 heavy (non-hydrogen) atoms. The minimum atomic E-state index is -0.147. The fraction of sp³-hybridized carbons (Fsp3) is 0.467. The normalized spacial score (nSPS) is 12.8. The van der Waals surface area contributed by atoms with E-state index < -0.39 is 0 Å². The molecule has 1 unspecified atom stereocenters. The van der Waals surface area contributed by atoms with Crippen LogP contribution in [0.15, 0.2) is 18.2 Å². The molecule has 1 N–H and O–H groups in total. The van der Waals surface area contributed by atoms with Crippen LogP contribution in [0.3, 0.4) is 0 Å². The van der Waals surface area contributed by atoms with Gasteiger partial charge in [-0.15, -0.1) is 0 Å². The summed E-state index contributed by atoms with van der Waals surface area (Å²) in [5.41, 5.74) is 1.17. The molecule has 0 fully saturated rings. The Labute approximate surface area is 124 Å². The predicted octanol–water partition coefficient (Wildman–Crippen LogP) is 3.27. The van der Waals surface area contributed by atoms with Crippen molar-refractivity contribution in [2.24, 2.45) is 0 Å². The van der Waals surface area contributed by atoms with Gasteiger partial charge in [0.15, 0.2) is 5.82 Å². The summed E-state index contributed by atoms with van der Waals surface area (Å²) in [6, 6.07) is 6.03. The number of amides is 1. The van der Waals surface area contributed by atoms with Gasteiger partial charge >= 0.3 is 0 Å². The van der Waals surface area contributed by atoms with E-state index in [9.17, 15) is 4.79 Å². The summed E-state index contributed by atoms with van der Waals surface area (Å²) in [7, 11) is 0. The zero-order valence-corrected chi connectivity index (χ0v) is 13.3. The van der Waals surface area contributed by atoms with Crippen LogP contribution in [0.4, 0.5) is 5.82 Å². The summed E-state index contributed by atoms with van der Waals surface area (Å²) >= 11 is 1.42. The van der Waals surface area contributed by atoms with Crippen LogP contribution in [-0.4, -0.2) is 34.3 Å². The third-order valence-corrected chi connectivity index (χ3v) is 4.43. The van der Waals surface area contributed by atoms with Gasteiger partial charge in [0, 0.05) is 5.39 Å². The predicted molar refractivity (Wildman–Crippen MR) is 85.4 cm³/mol. The van der Waals surface area contributed by atoms with Crippen molar-refractivity contribution in [2.75, 3.05) is 18.4 Å². The summed E-state index contributed by atoms with van der Waals surface area (Å²) in [5, 5.41) is 3.98. The number of carbonyl (C=O) groups excluding carboxylic acids is 1. The number of nitrogens with one attached hydrogen (secondary N) is 1. The van der Waals surface area contributed by atoms with Crippen LogP contribution in [0.2, 0.25) is 0 Å². The number of carbonyl (C=O) groups is 1. The number of hydrogen-bond acceptors (Lipinski definition) is 4. The molecule has 108 valence electrons. The lowest BCUT2D eigenvalue weighted by atomic mass is 10.2. The minimum Gasteiger partial charge on any atom is -0.308 e. The molecular formula is C15H21N3OS. The van der Waals surface area contributed by atoms with E-state index in [2.05, 4.69) is 40.6 Å². The van der Waals surface area contributed by atoms with Crippen molar-refractivity contribution in [3.05, 3.63) is 23.8 Å². The van der Waals surface area contributed by atoms with Crippen LogP contribution in [0.1, 0.15) is 26.3 Å². The first-order valence-electron chi connectivity index (χ1n) is 6.97. The quantitative estimate of drug-likeness (QED) is 0.919. The third-order valence-electron chi connectivity index (χ3n) is 3.61. The Balaban J connectivity index is 2.19. The van der Waals surface area contributed by atoms with Gasteiger partial charge in [0.05, 0.1) is 10.7 Å². The lowest BCUT2D eigenvalue weighted by Gasteiger charge is -2.24. The van der Waals surface area contributed by atoms with Crippen LogP contribution >= 0.6 is 11.5 Å². The fourth-order valence-electron chi connectivity index (χ4n) is 2.30. The fourth-order valence-corrected chi connectivity index (χ4v) is 3.02. The maximum atomic E-state index is 12.3. The van der Waals surface area contributed by atoms with Gasteiger partial charge in [0.25, 0.3) is 0 Å². The van der Waals surface area contributed by atoms with E-state index in [1.807, 2.05) is 19.9 Å². The van der Waals surface area contributed by atoms with Crippen LogP contribution < -0.4 is 5.32 Å². The number of fused-ring (bicyclic) bond motifs is 1. The summed E-state index contributed by atoms with van der Waals surface area (Å²) in [5.74, 6) is 0.681. The van der Waals surface area contributed by atoms with Gasteiger partial charge in [-0.05, 0) is 50.6 Å². The smallest absolute Gasteiger partial charge is 0.242 e. The molecule has 0 saturated heterocycles. The Morgan fingerprint density at radius 2 is 2.10 bits per heavy atom. The molecule has 4 nitrogen and oxygen atoms in total. The SMILES string of the molecule is CCN(CC)C(C)C(=O)Nc1nsc2ccc(C)cc12. The van der Waals surface area contributed by atoms with Gasteiger partial charge in [-0.2, -0.15) is 4.37 Å². The summed E-state index contributed by atoms with van der Waals surface area (Å²) < 4.78 is 5.46. The van der Waals surface area contributed by atoms with E-state index >= 15 is 0 Å². The number of rotatable bonds is 5. The highest BCUT2D eigenvalue weighted by molar-refractivity contribution is 7.13. The minimum absolute atomic E-state index is 0.00223. The van der Waals surface area contributed by atoms with Gasteiger partial charge in [0.1, 0.15) is 0 Å². The maximum Gasteiger partial charge on any atom is 0.242 e. The highest BCUT2D eigenvalue weighted by atomic mass is 32.1. The molecule has 0 aliphatic carbocycles. The second-order valence-corrected chi connectivity index (χ2v) is 5.72. The van der Waals surface area contributed by atoms with E-state index in [1.165, 1.54) is 17.1 Å². The van der Waals surface area contributed by atoms with Gasteiger partial charge in [-0.1, -0.05) is 25.5 Å². The molecule has 5 heteroatoms. The van der Waals surface area contributed by atoms with Crippen LogP contribution in [0.5, 0.6) is 0 Å². The van der Waals surface area contributed by atoms with Crippen molar-refractivity contribution < 1.29 is 4.79 Å². The largest absolute Gasteiger partial charge is 0.308 e. The molecule has 1 aromatic heterocycles. The summed E-state index contributed by atoms with van der Waals surface area (Å²) in [6.07, 6.45) is 0. The van der Waals surface area contributed by atoms with Crippen LogP contribution in [0, 0.1) is 6.92 Å². The number of aromatic nitrogens is 1. The van der Waals surface area contributed by atoms with Crippen LogP contribution in [0.25, 0.3) is 10.1 Å². The molecule has 0 radical (unpaired) electrons. The first-order valence-corrected chi connectivity index (χ1v) is 7.75. The lowest BCUT2D eigenvalue weighted by Crippen LogP contribution is -2.41. The van der Waals surface area contributed by atoms with E-state index in [0.29, 0.717) is 5.82 Å². The molecule has 0 aliphatic heterocycles. The number of anilines is 1. The van der Waals surface area contributed by atoms with E-state index in [1.54, 1.807) is 0 Å². The first-order chi connectivity index (χ1) is 9.56. The molecule has 1 aromatic carbocycles. The highest BCUT2D eigenvalue weighted by Crippen LogP contribution is 2.27. The van der Waals surface area contributed by atoms with Gasteiger partial charge in [0.2, 0.25) is 5.91 Å². The molecule has 2 aromatic rings. The van der Waals surface area contributed by atoms with E-state index in [0.717, 1.165) is 23.2 Å². The Hall–Kier alpha value is -1.46. The van der Waals surface area contributed by atoms with Crippen molar-refractivity contribution in [3.63, 3.8) is 0 Å². The summed E-state index contributed by atoms with van der Waals surface area (Å²) in [4.78, 5) is 14.4. The molecule has 0 bridgehead atoms. The molecule has 0 saturated carbocycles. The Bertz CT molecular complexity index is 604. The molecule has 2 rings (SSSR count). The van der Waals surface area contributed by atoms with Crippen molar-refractivity contribution in [2.45, 2.75) is 33.7 Å². The van der Waals surface area contributed by atoms with Crippen molar-refractivity contribution in [1.82, 2.24) is 9.27 Å². The zero-order valence-electron chi connectivity index (χ0n) is 12.4. The van der Waals surface area contributed by atoms with Crippen LogP contribution in [-0.2, 0) is 4.79 Å². The first kappa shape index (κ1) is 14.9. The number of nitrogens with zero attached hydrogens (tertiary/aromatic N) is 2. The van der Waals surface area contributed by atoms with Gasteiger partial charge in [-0.25, -0.2) is 0 Å². The highest BCUT2D eigenvalue weighted by Gasteiger charge is 2.20. The molecule has 0 aliphatic rings. The number of hydrogen-bond donors (Lipinski definition) is 1. The van der Waals surface area contributed by atoms with Crippen molar-refractivity contribution in [1.29, 1.82) is 0 Å². The molecule has 1 atom stereocenters. The Morgan fingerprint density at radius 1 is 1.40 bits per heavy atom. The zero-order chi connectivity index (χ0) is 14.7. The second-order valence-electron chi connectivity index (χ2n) is 4.92. The number of aryl methyl sites for hydroxylation is 1. The molecule has 0 spiro atoms. The van der Waals surface area contributed by atoms with E-state index in [-0.39, 0.29) is 11.9 Å². The number of likely N-dealkylation sites (N-methyl/N-ethyl adjacent to an activating group) is 1. The topological polar surface area (TPSA) is 45.2 Å². The molecule has 1 heterocycles. The second kappa shape index (κ2) is 6.33. The Morgan fingerprint density at radius 3 is 2.75 bits per heavy atom. The van der Waals surface area contributed by atoms with Gasteiger partial charge < -0.3 is 5.32 Å². The molecular weight excluding hydrogens is 270 g/mol. The average Bonchev–Trinajstić information content (AvgIpc) is 2.82. The number of benzene rings is 1.